The van der Waals surface area contributed by atoms with E-state index in [4.69, 9.17) is 4.74 Å². The summed E-state index contributed by atoms with van der Waals surface area (Å²) in [6.07, 6.45) is 4.30. The molecule has 0 bridgehead atoms. The third-order valence-corrected chi connectivity index (χ3v) is 5.54. The van der Waals surface area contributed by atoms with Crippen LogP contribution in [0.25, 0.3) is 0 Å². The molecule has 1 atom stereocenters. The van der Waals surface area contributed by atoms with Crippen molar-refractivity contribution in [3.8, 4) is 5.75 Å². The van der Waals surface area contributed by atoms with Gasteiger partial charge in [-0.1, -0.05) is 19.1 Å². The lowest BCUT2D eigenvalue weighted by atomic mass is 10.1. The predicted octanol–water partition coefficient (Wildman–Crippen LogP) is 4.86. The van der Waals surface area contributed by atoms with Crippen LogP contribution in [0.3, 0.4) is 0 Å². The smallest absolute Gasteiger partial charge is 0.323 e. The SMILES string of the molecule is CC[C@@H](C)NC(=O)c1cc(NC(=O)Nc2ccccc2OC)ccc1N1CCCCC1. The maximum atomic E-state index is 13.0. The molecule has 1 saturated heterocycles. The average molecular weight is 425 g/mol. The van der Waals surface area contributed by atoms with Crippen LogP contribution in [0, 0.1) is 0 Å². The Morgan fingerprint density at radius 2 is 1.81 bits per heavy atom. The van der Waals surface area contributed by atoms with Gasteiger partial charge in [-0.05, 0) is 62.9 Å². The van der Waals surface area contributed by atoms with Crippen LogP contribution in [0.15, 0.2) is 42.5 Å². The summed E-state index contributed by atoms with van der Waals surface area (Å²) in [5, 5.41) is 8.67. The molecule has 1 aliphatic heterocycles. The summed E-state index contributed by atoms with van der Waals surface area (Å²) in [4.78, 5) is 27.8. The number of benzene rings is 2. The highest BCUT2D eigenvalue weighted by Gasteiger charge is 2.20. The molecular formula is C24H32N4O3. The number of carbonyl (C=O) groups is 2. The van der Waals surface area contributed by atoms with Crippen LogP contribution in [0.4, 0.5) is 21.9 Å². The van der Waals surface area contributed by atoms with Crippen LogP contribution in [0.5, 0.6) is 5.75 Å². The van der Waals surface area contributed by atoms with E-state index >= 15 is 0 Å². The van der Waals surface area contributed by atoms with E-state index in [0.717, 1.165) is 38.0 Å². The minimum absolute atomic E-state index is 0.0761. The fraction of sp³-hybridized carbons (Fsp3) is 0.417. The molecule has 1 fully saturated rings. The number of hydrogen-bond donors (Lipinski definition) is 3. The molecule has 0 aliphatic carbocycles. The summed E-state index contributed by atoms with van der Waals surface area (Å²) in [7, 11) is 1.56. The van der Waals surface area contributed by atoms with Crippen LogP contribution in [-0.2, 0) is 0 Å². The van der Waals surface area contributed by atoms with Crippen LogP contribution >= 0.6 is 0 Å². The van der Waals surface area contributed by atoms with Crippen molar-refractivity contribution in [1.82, 2.24) is 5.32 Å². The van der Waals surface area contributed by atoms with Gasteiger partial charge in [0, 0.05) is 30.5 Å². The van der Waals surface area contributed by atoms with Gasteiger partial charge in [-0.3, -0.25) is 4.79 Å². The Kier molecular flexibility index (Phi) is 7.76. The van der Waals surface area contributed by atoms with E-state index in [1.54, 1.807) is 25.3 Å². The molecule has 0 aromatic heterocycles. The average Bonchev–Trinajstić information content (AvgIpc) is 2.79. The zero-order chi connectivity index (χ0) is 22.2. The number of nitrogens with zero attached hydrogens (tertiary/aromatic N) is 1. The second-order valence-corrected chi connectivity index (χ2v) is 7.84. The monoisotopic (exact) mass is 424 g/mol. The highest BCUT2D eigenvalue weighted by molar-refractivity contribution is 6.04. The topological polar surface area (TPSA) is 82.7 Å². The Hall–Kier alpha value is -3.22. The van der Waals surface area contributed by atoms with E-state index < -0.39 is 6.03 Å². The number of anilines is 3. The minimum Gasteiger partial charge on any atom is -0.495 e. The molecule has 0 spiro atoms. The number of piperidine rings is 1. The molecule has 3 amide bonds. The van der Waals surface area contributed by atoms with E-state index in [9.17, 15) is 9.59 Å². The maximum Gasteiger partial charge on any atom is 0.323 e. The third-order valence-electron chi connectivity index (χ3n) is 5.54. The molecule has 1 aliphatic rings. The van der Waals surface area contributed by atoms with Crippen molar-refractivity contribution >= 4 is 29.0 Å². The highest BCUT2D eigenvalue weighted by Crippen LogP contribution is 2.28. The molecule has 1 heterocycles. The number of amides is 3. The Morgan fingerprint density at radius 3 is 2.52 bits per heavy atom. The van der Waals surface area contributed by atoms with Crippen molar-refractivity contribution in [3.63, 3.8) is 0 Å². The molecule has 31 heavy (non-hydrogen) atoms. The van der Waals surface area contributed by atoms with Crippen molar-refractivity contribution in [2.24, 2.45) is 0 Å². The van der Waals surface area contributed by atoms with Crippen LogP contribution < -0.4 is 25.6 Å². The van der Waals surface area contributed by atoms with Gasteiger partial charge < -0.3 is 25.6 Å². The fourth-order valence-electron chi connectivity index (χ4n) is 3.64. The summed E-state index contributed by atoms with van der Waals surface area (Å²) < 4.78 is 5.28. The predicted molar refractivity (Wildman–Crippen MR) is 125 cm³/mol. The summed E-state index contributed by atoms with van der Waals surface area (Å²) in [5.74, 6) is 0.454. The first-order valence-corrected chi connectivity index (χ1v) is 10.9. The fourth-order valence-corrected chi connectivity index (χ4v) is 3.64. The molecule has 7 heteroatoms. The number of rotatable bonds is 7. The lowest BCUT2D eigenvalue weighted by Crippen LogP contribution is -2.35. The largest absolute Gasteiger partial charge is 0.495 e. The third kappa shape index (κ3) is 5.90. The molecule has 0 saturated carbocycles. The van der Waals surface area contributed by atoms with Gasteiger partial charge in [-0.25, -0.2) is 4.79 Å². The molecule has 0 unspecified atom stereocenters. The van der Waals surface area contributed by atoms with Crippen LogP contribution in [0.1, 0.15) is 49.9 Å². The van der Waals surface area contributed by atoms with Gasteiger partial charge in [0.15, 0.2) is 0 Å². The van der Waals surface area contributed by atoms with Crippen molar-refractivity contribution in [2.45, 2.75) is 45.6 Å². The standard InChI is InChI=1S/C24H32N4O3/c1-4-17(2)25-23(29)19-16-18(12-13-21(19)28-14-8-5-9-15-28)26-24(30)27-20-10-6-7-11-22(20)31-3/h6-7,10-13,16-17H,4-5,8-9,14-15H2,1-3H3,(H,25,29)(H2,26,27,30)/t17-/m1/s1. The van der Waals surface area contributed by atoms with Crippen molar-refractivity contribution in [1.29, 1.82) is 0 Å². The van der Waals surface area contributed by atoms with Crippen molar-refractivity contribution in [2.75, 3.05) is 35.7 Å². The summed E-state index contributed by atoms with van der Waals surface area (Å²) in [6.45, 7) is 5.90. The zero-order valence-electron chi connectivity index (χ0n) is 18.5. The van der Waals surface area contributed by atoms with E-state index in [1.807, 2.05) is 38.1 Å². The number of hydrogen-bond acceptors (Lipinski definition) is 4. The van der Waals surface area contributed by atoms with E-state index in [1.165, 1.54) is 6.42 Å². The molecule has 3 N–H and O–H groups in total. The Labute approximate surface area is 184 Å². The van der Waals surface area contributed by atoms with Crippen molar-refractivity contribution in [3.05, 3.63) is 48.0 Å². The minimum atomic E-state index is -0.400. The second kappa shape index (κ2) is 10.7. The number of nitrogens with one attached hydrogen (secondary N) is 3. The number of methoxy groups -OCH3 is 1. The van der Waals surface area contributed by atoms with E-state index in [2.05, 4.69) is 20.9 Å². The van der Waals surface area contributed by atoms with E-state index in [-0.39, 0.29) is 11.9 Å². The Balaban J connectivity index is 1.81. The highest BCUT2D eigenvalue weighted by atomic mass is 16.5. The number of para-hydroxylation sites is 2. The van der Waals surface area contributed by atoms with Crippen molar-refractivity contribution < 1.29 is 14.3 Å². The molecule has 0 radical (unpaired) electrons. The first kappa shape index (κ1) is 22.5. The second-order valence-electron chi connectivity index (χ2n) is 7.84. The van der Waals surface area contributed by atoms with Gasteiger partial charge in [0.2, 0.25) is 0 Å². The van der Waals surface area contributed by atoms with Gasteiger partial charge in [-0.15, -0.1) is 0 Å². The van der Waals surface area contributed by atoms with Crippen LogP contribution in [-0.4, -0.2) is 38.2 Å². The normalized spacial score (nSPS) is 14.5. The molecule has 2 aromatic carbocycles. The van der Waals surface area contributed by atoms with E-state index in [0.29, 0.717) is 22.7 Å². The summed E-state index contributed by atoms with van der Waals surface area (Å²) in [5.41, 5.74) is 2.62. The summed E-state index contributed by atoms with van der Waals surface area (Å²) in [6, 6.07) is 12.4. The van der Waals surface area contributed by atoms with Gasteiger partial charge in [0.1, 0.15) is 5.75 Å². The number of urea groups is 1. The van der Waals surface area contributed by atoms with Gasteiger partial charge >= 0.3 is 6.03 Å². The lowest BCUT2D eigenvalue weighted by molar-refractivity contribution is 0.0939. The van der Waals surface area contributed by atoms with Gasteiger partial charge in [0.05, 0.1) is 18.4 Å². The molecule has 3 rings (SSSR count). The summed E-state index contributed by atoms with van der Waals surface area (Å²) >= 11 is 0. The molecule has 166 valence electrons. The first-order valence-electron chi connectivity index (χ1n) is 10.9. The lowest BCUT2D eigenvalue weighted by Gasteiger charge is -2.31. The number of carbonyl (C=O) groups excluding carboxylic acids is 2. The molecular weight excluding hydrogens is 392 g/mol. The van der Waals surface area contributed by atoms with Gasteiger partial charge in [-0.2, -0.15) is 0 Å². The van der Waals surface area contributed by atoms with Gasteiger partial charge in [0.25, 0.3) is 5.91 Å². The quantitative estimate of drug-likeness (QED) is 0.593. The Morgan fingerprint density at radius 1 is 1.06 bits per heavy atom. The first-order chi connectivity index (χ1) is 15.0. The number of ether oxygens (including phenoxy) is 1. The molecule has 2 aromatic rings. The zero-order valence-corrected chi connectivity index (χ0v) is 18.5. The maximum absolute atomic E-state index is 13.0. The molecule has 7 nitrogen and oxygen atoms in total. The van der Waals surface area contributed by atoms with Crippen LogP contribution in [0.2, 0.25) is 0 Å². The Bertz CT molecular complexity index is 909.